The lowest BCUT2D eigenvalue weighted by Crippen LogP contribution is -2.58. The second-order valence-electron chi connectivity index (χ2n) is 17.6. The highest BCUT2D eigenvalue weighted by Crippen LogP contribution is 2.58. The summed E-state index contributed by atoms with van der Waals surface area (Å²) in [6.07, 6.45) is 4.00. The lowest BCUT2D eigenvalue weighted by molar-refractivity contribution is -0.141. The van der Waals surface area contributed by atoms with Gasteiger partial charge in [0.05, 0.1) is 10.3 Å². The van der Waals surface area contributed by atoms with E-state index < -0.39 is 38.8 Å². The Balaban J connectivity index is 1.20. The van der Waals surface area contributed by atoms with Crippen LogP contribution in [-0.2, 0) is 49.1 Å². The Labute approximate surface area is 382 Å². The molecule has 0 unspecified atom stereocenters. The van der Waals surface area contributed by atoms with E-state index in [-0.39, 0.29) is 35.0 Å². The summed E-state index contributed by atoms with van der Waals surface area (Å²) in [6, 6.07) is 35.5. The molecule has 0 bridgehead atoms. The van der Waals surface area contributed by atoms with E-state index in [0.717, 1.165) is 50.5 Å². The highest BCUT2D eigenvalue weighted by atomic mass is 79.9. The van der Waals surface area contributed by atoms with Gasteiger partial charge in [0, 0.05) is 26.7 Å². The Bertz CT molecular complexity index is 2560. The third kappa shape index (κ3) is 10.1. The van der Waals surface area contributed by atoms with E-state index in [4.69, 9.17) is 0 Å². The number of carbonyl (C=O) groups excluding carboxylic acids is 3. The number of hydrogen-bond acceptors (Lipinski definition) is 5. The molecule has 324 valence electrons. The van der Waals surface area contributed by atoms with Crippen molar-refractivity contribution >= 4 is 71.0 Å². The number of anilines is 2. The topological polar surface area (TPSA) is 133 Å². The van der Waals surface area contributed by atoms with E-state index >= 15 is 0 Å². The minimum atomic E-state index is -4.27. The smallest absolute Gasteiger partial charge is 0.247 e. The van der Waals surface area contributed by atoms with Gasteiger partial charge in [0.2, 0.25) is 27.7 Å². The zero-order valence-electron chi connectivity index (χ0n) is 35.5. The van der Waals surface area contributed by atoms with E-state index in [9.17, 15) is 22.8 Å². The second kappa shape index (κ2) is 19.0. The van der Waals surface area contributed by atoms with Crippen molar-refractivity contribution in [1.29, 1.82) is 0 Å². The highest BCUT2D eigenvalue weighted by Gasteiger charge is 2.55. The molecular weight excluding hydrogens is 928 g/mol. The lowest BCUT2D eigenvalue weighted by Gasteiger charge is -2.55. The average Bonchev–Trinajstić information content (AvgIpc) is 3.23. The van der Waals surface area contributed by atoms with Gasteiger partial charge >= 0.3 is 0 Å². The first-order valence-electron chi connectivity index (χ1n) is 21.3. The molecule has 3 amide bonds. The predicted octanol–water partition coefficient (Wildman–Crippen LogP) is 10.2. The lowest BCUT2D eigenvalue weighted by atomic mass is 9.49. The molecule has 12 heteroatoms. The van der Waals surface area contributed by atoms with Crippen LogP contribution in [-0.4, -0.2) is 38.2 Å². The van der Waals surface area contributed by atoms with Gasteiger partial charge in [-0.1, -0.05) is 145 Å². The van der Waals surface area contributed by atoms with Crippen LogP contribution in [0.1, 0.15) is 87.1 Å². The van der Waals surface area contributed by atoms with Crippen LogP contribution in [0.5, 0.6) is 0 Å². The molecule has 7 rings (SSSR count). The Hall–Kier alpha value is -4.62. The maximum absolute atomic E-state index is 14.8. The molecule has 0 radical (unpaired) electrons. The van der Waals surface area contributed by atoms with Gasteiger partial charge in [0.15, 0.2) is 0 Å². The number of sulfonamides is 1. The van der Waals surface area contributed by atoms with Gasteiger partial charge < -0.3 is 16.0 Å². The summed E-state index contributed by atoms with van der Waals surface area (Å²) in [6.45, 7) is 8.15. The number of hydrogen-bond donors (Lipinski definition) is 4. The first-order valence-corrected chi connectivity index (χ1v) is 24.3. The van der Waals surface area contributed by atoms with Gasteiger partial charge in [0.25, 0.3) is 0 Å². The van der Waals surface area contributed by atoms with Crippen LogP contribution in [0.3, 0.4) is 0 Å². The van der Waals surface area contributed by atoms with Crippen molar-refractivity contribution in [3.63, 3.8) is 0 Å². The zero-order chi connectivity index (χ0) is 44.2. The predicted molar refractivity (Wildman–Crippen MR) is 254 cm³/mol. The van der Waals surface area contributed by atoms with Crippen LogP contribution in [0.2, 0.25) is 0 Å². The normalized spacial score (nSPS) is 20.6. The Morgan fingerprint density at radius 2 is 1.26 bits per heavy atom. The maximum atomic E-state index is 14.8. The van der Waals surface area contributed by atoms with E-state index in [1.54, 1.807) is 18.2 Å². The van der Waals surface area contributed by atoms with E-state index in [1.165, 1.54) is 0 Å². The summed E-state index contributed by atoms with van der Waals surface area (Å²) < 4.78 is 34.1. The van der Waals surface area contributed by atoms with Crippen molar-refractivity contribution in [1.82, 2.24) is 10.0 Å². The molecule has 4 N–H and O–H groups in total. The fourth-order valence-electron chi connectivity index (χ4n) is 9.73. The largest absolute Gasteiger partial charge is 0.343 e. The van der Waals surface area contributed by atoms with Crippen molar-refractivity contribution in [3.8, 4) is 0 Å². The maximum Gasteiger partial charge on any atom is 0.247 e. The van der Waals surface area contributed by atoms with Gasteiger partial charge in [-0.2, -0.15) is 4.72 Å². The fourth-order valence-corrected chi connectivity index (χ4v) is 12.1. The molecule has 5 aromatic rings. The van der Waals surface area contributed by atoms with Gasteiger partial charge in [0.1, 0.15) is 12.1 Å². The summed E-state index contributed by atoms with van der Waals surface area (Å²) >= 11 is 6.94. The highest BCUT2D eigenvalue weighted by molar-refractivity contribution is 9.10. The molecule has 9 nitrogen and oxygen atoms in total. The molecule has 5 atom stereocenters. The van der Waals surface area contributed by atoms with Crippen molar-refractivity contribution < 1.29 is 22.8 Å². The molecule has 2 aliphatic rings. The fraction of sp³-hybridized carbons (Fsp3) is 0.340. The molecule has 5 aromatic carbocycles. The summed E-state index contributed by atoms with van der Waals surface area (Å²) in [5.41, 5.74) is 4.18. The molecule has 1 fully saturated rings. The summed E-state index contributed by atoms with van der Waals surface area (Å²) in [7, 11) is -4.27. The van der Waals surface area contributed by atoms with Crippen molar-refractivity contribution in [2.75, 3.05) is 10.6 Å². The Morgan fingerprint density at radius 1 is 0.710 bits per heavy atom. The van der Waals surface area contributed by atoms with Crippen LogP contribution < -0.4 is 20.7 Å². The van der Waals surface area contributed by atoms with E-state index in [0.29, 0.717) is 36.2 Å². The molecule has 0 aromatic heterocycles. The van der Waals surface area contributed by atoms with Gasteiger partial charge in [-0.3, -0.25) is 14.4 Å². The van der Waals surface area contributed by atoms with E-state index in [2.05, 4.69) is 59.5 Å². The second-order valence-corrected chi connectivity index (χ2v) is 21.1. The van der Waals surface area contributed by atoms with Crippen LogP contribution in [0.15, 0.2) is 135 Å². The standard InChI is InChI=1S/C50H54Br2N4O5S/c1-32(2)40-28-35-22-23-45-49(3,24-13-25-50(45,4)48(59)55-42(26-33-14-7-5-8-15-33)46(57)53-38-20-11-18-36(51)29-38)41(35)31-44(40)62(60,61)56-43(27-34-16-9-6-10-17-34)47(58)54-39-21-12-19-37(52)30-39/h5-12,14-21,28-32,42-43,45,56H,13,22-27H2,1-4H3,(H,53,57)(H,54,58)(H,55,59)/t42-,43-,45-,49-,50-/m1/s1. The molecule has 0 heterocycles. The first-order chi connectivity index (χ1) is 29.6. The molecule has 0 spiro atoms. The van der Waals surface area contributed by atoms with Crippen LogP contribution in [0.25, 0.3) is 0 Å². The Morgan fingerprint density at radius 3 is 1.81 bits per heavy atom. The average molecular weight is 983 g/mol. The minimum Gasteiger partial charge on any atom is -0.343 e. The number of halogens is 2. The van der Waals surface area contributed by atoms with Crippen molar-refractivity contribution in [3.05, 3.63) is 158 Å². The molecular formula is C50H54Br2N4O5S. The molecule has 0 aliphatic heterocycles. The van der Waals surface area contributed by atoms with Crippen LogP contribution in [0.4, 0.5) is 11.4 Å². The quantitative estimate of drug-likeness (QED) is 0.0880. The molecule has 2 aliphatic carbocycles. The third-order valence-corrected chi connectivity index (χ3v) is 15.4. The van der Waals surface area contributed by atoms with Gasteiger partial charge in [-0.25, -0.2) is 8.42 Å². The molecule has 1 saturated carbocycles. The van der Waals surface area contributed by atoms with Gasteiger partial charge in [-0.15, -0.1) is 0 Å². The van der Waals surface area contributed by atoms with Gasteiger partial charge in [-0.05, 0) is 120 Å². The number of fused-ring (bicyclic) bond motifs is 3. The van der Waals surface area contributed by atoms with Crippen molar-refractivity contribution in [2.45, 2.75) is 101 Å². The monoisotopic (exact) mass is 980 g/mol. The number of carbonyl (C=O) groups is 3. The number of amides is 3. The summed E-state index contributed by atoms with van der Waals surface area (Å²) in [4.78, 5) is 42.9. The number of rotatable bonds is 14. The molecule has 62 heavy (non-hydrogen) atoms. The first kappa shape index (κ1) is 45.4. The van der Waals surface area contributed by atoms with Crippen LogP contribution >= 0.6 is 31.9 Å². The SMILES string of the molecule is CC(C)c1cc2c(cc1S(=O)(=O)N[C@H](Cc1ccccc1)C(=O)Nc1cccc(Br)c1)[C@@]1(C)CCC[C@@](C)(C(=O)N[C@H](Cc3ccccc3)C(=O)Nc3cccc(Br)c3)[C@@H]1CC2. The zero-order valence-corrected chi connectivity index (χ0v) is 39.5. The third-order valence-electron chi connectivity index (χ3n) is 12.9. The number of benzene rings is 5. The van der Waals surface area contributed by atoms with Crippen LogP contribution in [0, 0.1) is 11.3 Å². The minimum absolute atomic E-state index is 0.132. The summed E-state index contributed by atoms with van der Waals surface area (Å²) in [5, 5.41) is 9.13. The number of nitrogens with one attached hydrogen (secondary N) is 4. The van der Waals surface area contributed by atoms with E-state index in [1.807, 2.05) is 124 Å². The Kier molecular flexibility index (Phi) is 13.9. The number of aryl methyl sites for hydroxylation is 1. The van der Waals surface area contributed by atoms with Crippen molar-refractivity contribution in [2.24, 2.45) is 11.3 Å². The summed E-state index contributed by atoms with van der Waals surface area (Å²) in [5.74, 6) is -1.24. The molecule has 0 saturated heterocycles.